The Bertz CT molecular complexity index is 472. The van der Waals surface area contributed by atoms with Crippen molar-refractivity contribution in [2.24, 2.45) is 0 Å². The summed E-state index contributed by atoms with van der Waals surface area (Å²) in [6.07, 6.45) is 4.94. The van der Waals surface area contributed by atoms with Gasteiger partial charge in [-0.3, -0.25) is 0 Å². The molecule has 4 nitrogen and oxygen atoms in total. The summed E-state index contributed by atoms with van der Waals surface area (Å²) >= 11 is 0. The molecule has 4 heteroatoms. The highest BCUT2D eigenvalue weighted by molar-refractivity contribution is 5.61. The predicted molar refractivity (Wildman–Crippen MR) is 68.5 cm³/mol. The van der Waals surface area contributed by atoms with Gasteiger partial charge in [-0.1, -0.05) is 12.1 Å². The Kier molecular flexibility index (Phi) is 2.80. The summed E-state index contributed by atoms with van der Waals surface area (Å²) < 4.78 is 1.89. The smallest absolute Gasteiger partial charge is 0.0876 e. The zero-order valence-corrected chi connectivity index (χ0v) is 9.63. The minimum absolute atomic E-state index is 0.520. The van der Waals surface area contributed by atoms with Crippen molar-refractivity contribution in [2.75, 3.05) is 18.4 Å². The number of nitrogens with zero attached hydrogens (tertiary/aromatic N) is 2. The monoisotopic (exact) mass is 228 g/mol. The third kappa shape index (κ3) is 2.17. The third-order valence-corrected chi connectivity index (χ3v) is 3.08. The van der Waals surface area contributed by atoms with Gasteiger partial charge in [0.15, 0.2) is 0 Å². The van der Waals surface area contributed by atoms with Crippen molar-refractivity contribution in [3.63, 3.8) is 0 Å². The summed E-state index contributed by atoms with van der Waals surface area (Å²) in [6.45, 7) is 2.13. The molecule has 2 aromatic rings. The fraction of sp³-hybridized carbons (Fsp3) is 0.308. The van der Waals surface area contributed by atoms with Crippen LogP contribution in [0.25, 0.3) is 5.69 Å². The average molecular weight is 228 g/mol. The van der Waals surface area contributed by atoms with Crippen LogP contribution in [-0.4, -0.2) is 28.9 Å². The molecule has 1 fully saturated rings. The van der Waals surface area contributed by atoms with Gasteiger partial charge in [-0.2, -0.15) is 5.10 Å². The van der Waals surface area contributed by atoms with Crippen molar-refractivity contribution < 1.29 is 0 Å². The maximum absolute atomic E-state index is 4.28. The summed E-state index contributed by atoms with van der Waals surface area (Å²) in [4.78, 5) is 0. The Morgan fingerprint density at radius 2 is 2.24 bits per heavy atom. The molecule has 1 aromatic heterocycles. The fourth-order valence-electron chi connectivity index (χ4n) is 2.20. The van der Waals surface area contributed by atoms with Crippen LogP contribution in [0, 0.1) is 0 Å². The second-order valence-corrected chi connectivity index (χ2v) is 4.30. The molecule has 17 heavy (non-hydrogen) atoms. The van der Waals surface area contributed by atoms with Crippen molar-refractivity contribution in [3.8, 4) is 5.69 Å². The van der Waals surface area contributed by atoms with Gasteiger partial charge in [-0.15, -0.1) is 0 Å². The van der Waals surface area contributed by atoms with E-state index in [9.17, 15) is 0 Å². The zero-order chi connectivity index (χ0) is 11.5. The van der Waals surface area contributed by atoms with Gasteiger partial charge in [-0.05, 0) is 31.2 Å². The van der Waals surface area contributed by atoms with Gasteiger partial charge in [0.2, 0.25) is 0 Å². The first kappa shape index (κ1) is 10.4. The summed E-state index contributed by atoms with van der Waals surface area (Å²) in [6, 6.07) is 10.7. The van der Waals surface area contributed by atoms with Gasteiger partial charge in [0, 0.05) is 25.0 Å². The first-order valence-electron chi connectivity index (χ1n) is 6.00. The quantitative estimate of drug-likeness (QED) is 0.839. The van der Waals surface area contributed by atoms with E-state index in [2.05, 4.69) is 33.9 Å². The largest absolute Gasteiger partial charge is 0.379 e. The molecule has 0 spiro atoms. The molecular weight excluding hydrogens is 212 g/mol. The minimum Gasteiger partial charge on any atom is -0.379 e. The van der Waals surface area contributed by atoms with E-state index >= 15 is 0 Å². The number of hydrogen-bond donors (Lipinski definition) is 2. The Labute approximate surface area is 101 Å². The second-order valence-electron chi connectivity index (χ2n) is 4.30. The Balaban J connectivity index is 1.88. The molecule has 1 unspecified atom stereocenters. The standard InChI is InChI=1S/C13H16N4/c1-2-5-13(17-9-3-7-15-17)12(4-1)16-11-6-8-14-10-11/h1-5,7,9,11,14,16H,6,8,10H2. The highest BCUT2D eigenvalue weighted by Gasteiger charge is 2.15. The Morgan fingerprint density at radius 3 is 3.00 bits per heavy atom. The van der Waals surface area contributed by atoms with E-state index in [1.807, 2.05) is 23.0 Å². The number of para-hydroxylation sites is 2. The molecule has 2 heterocycles. The van der Waals surface area contributed by atoms with Gasteiger partial charge in [0.1, 0.15) is 0 Å². The molecule has 3 rings (SSSR count). The molecule has 1 aliphatic rings. The molecule has 1 aliphatic heterocycles. The third-order valence-electron chi connectivity index (χ3n) is 3.08. The van der Waals surface area contributed by atoms with E-state index in [4.69, 9.17) is 0 Å². The van der Waals surface area contributed by atoms with Crippen molar-refractivity contribution in [3.05, 3.63) is 42.7 Å². The molecule has 1 saturated heterocycles. The molecule has 1 atom stereocenters. The lowest BCUT2D eigenvalue weighted by molar-refractivity contribution is 0.787. The topological polar surface area (TPSA) is 41.9 Å². The Hall–Kier alpha value is -1.81. The van der Waals surface area contributed by atoms with Gasteiger partial charge >= 0.3 is 0 Å². The van der Waals surface area contributed by atoms with Crippen LogP contribution in [0.1, 0.15) is 6.42 Å². The molecule has 0 aliphatic carbocycles. The van der Waals surface area contributed by atoms with E-state index in [0.29, 0.717) is 6.04 Å². The highest BCUT2D eigenvalue weighted by Crippen LogP contribution is 2.20. The van der Waals surface area contributed by atoms with Crippen molar-refractivity contribution in [2.45, 2.75) is 12.5 Å². The van der Waals surface area contributed by atoms with E-state index < -0.39 is 0 Å². The summed E-state index contributed by atoms with van der Waals surface area (Å²) in [7, 11) is 0. The fourth-order valence-corrected chi connectivity index (χ4v) is 2.20. The predicted octanol–water partition coefficient (Wildman–Crippen LogP) is 1.65. The maximum Gasteiger partial charge on any atom is 0.0876 e. The molecule has 0 amide bonds. The van der Waals surface area contributed by atoms with E-state index in [1.54, 1.807) is 6.20 Å². The van der Waals surface area contributed by atoms with Crippen LogP contribution in [0.4, 0.5) is 5.69 Å². The highest BCUT2D eigenvalue weighted by atomic mass is 15.3. The van der Waals surface area contributed by atoms with Gasteiger partial charge in [0.05, 0.1) is 11.4 Å². The number of nitrogens with one attached hydrogen (secondary N) is 2. The van der Waals surface area contributed by atoms with E-state index in [0.717, 1.165) is 24.5 Å². The lowest BCUT2D eigenvalue weighted by atomic mass is 10.2. The zero-order valence-electron chi connectivity index (χ0n) is 9.63. The van der Waals surface area contributed by atoms with Crippen LogP contribution in [0.5, 0.6) is 0 Å². The molecule has 0 bridgehead atoms. The van der Waals surface area contributed by atoms with Crippen LogP contribution in [0.15, 0.2) is 42.7 Å². The molecule has 2 N–H and O–H groups in total. The van der Waals surface area contributed by atoms with Gasteiger partial charge in [-0.25, -0.2) is 4.68 Å². The van der Waals surface area contributed by atoms with Crippen molar-refractivity contribution >= 4 is 5.69 Å². The normalized spacial score (nSPS) is 19.4. The van der Waals surface area contributed by atoms with Gasteiger partial charge in [0.25, 0.3) is 0 Å². The van der Waals surface area contributed by atoms with E-state index in [-0.39, 0.29) is 0 Å². The van der Waals surface area contributed by atoms with Crippen LogP contribution in [0.3, 0.4) is 0 Å². The number of anilines is 1. The number of aromatic nitrogens is 2. The second kappa shape index (κ2) is 4.59. The van der Waals surface area contributed by atoms with Crippen LogP contribution < -0.4 is 10.6 Å². The Morgan fingerprint density at radius 1 is 1.29 bits per heavy atom. The van der Waals surface area contributed by atoms with Crippen molar-refractivity contribution in [1.82, 2.24) is 15.1 Å². The summed E-state index contributed by atoms with van der Waals surface area (Å²) in [5.74, 6) is 0. The molecule has 0 saturated carbocycles. The number of rotatable bonds is 3. The summed E-state index contributed by atoms with van der Waals surface area (Å²) in [5, 5.41) is 11.2. The lowest BCUT2D eigenvalue weighted by Crippen LogP contribution is -2.22. The average Bonchev–Trinajstić information content (AvgIpc) is 3.01. The lowest BCUT2D eigenvalue weighted by Gasteiger charge is -2.16. The number of hydrogen-bond acceptors (Lipinski definition) is 3. The van der Waals surface area contributed by atoms with Gasteiger partial charge < -0.3 is 10.6 Å². The first-order chi connectivity index (χ1) is 8.43. The van der Waals surface area contributed by atoms with Crippen LogP contribution in [0.2, 0.25) is 0 Å². The molecule has 1 aromatic carbocycles. The van der Waals surface area contributed by atoms with Crippen LogP contribution in [-0.2, 0) is 0 Å². The maximum atomic E-state index is 4.28. The summed E-state index contributed by atoms with van der Waals surface area (Å²) in [5.41, 5.74) is 2.24. The molecule has 0 radical (unpaired) electrons. The van der Waals surface area contributed by atoms with E-state index in [1.165, 1.54) is 6.42 Å². The molecule has 88 valence electrons. The SMILES string of the molecule is c1ccc(-n2cccn2)c(NC2CCNC2)c1. The minimum atomic E-state index is 0.520. The molecular formula is C13H16N4. The first-order valence-corrected chi connectivity index (χ1v) is 6.00. The van der Waals surface area contributed by atoms with Crippen molar-refractivity contribution in [1.29, 1.82) is 0 Å². The number of benzene rings is 1. The van der Waals surface area contributed by atoms with Crippen LogP contribution >= 0.6 is 0 Å².